The minimum Gasteiger partial charge on any atom is -0.396 e. The Balaban J connectivity index is 2.12. The molecule has 0 saturated carbocycles. The quantitative estimate of drug-likeness (QED) is 0.767. The van der Waals surface area contributed by atoms with E-state index in [1.165, 1.54) is 0 Å². The van der Waals surface area contributed by atoms with Gasteiger partial charge in [-0.25, -0.2) is 4.39 Å². The van der Waals surface area contributed by atoms with E-state index in [9.17, 15) is 4.39 Å². The number of hydrogen-bond acceptors (Lipinski definition) is 2. The van der Waals surface area contributed by atoms with Crippen LogP contribution < -0.4 is 0 Å². The molecular weight excluding hydrogens is 193 g/mol. The van der Waals surface area contributed by atoms with Crippen LogP contribution in [0.2, 0.25) is 0 Å². The predicted octanol–water partition coefficient (Wildman–Crippen LogP) is 1.67. The van der Waals surface area contributed by atoms with Gasteiger partial charge in [-0.2, -0.15) is 0 Å². The predicted molar refractivity (Wildman–Crippen MR) is 58.4 cm³/mol. The number of aliphatic hydroxyl groups excluding tert-OH is 1. The molecule has 1 aliphatic heterocycles. The lowest BCUT2D eigenvalue weighted by atomic mass is 9.86. The van der Waals surface area contributed by atoms with E-state index in [0.717, 1.165) is 13.0 Å². The third kappa shape index (κ3) is 2.13. The lowest BCUT2D eigenvalue weighted by Gasteiger charge is -2.40. The second kappa shape index (κ2) is 4.45. The number of halogens is 1. The summed E-state index contributed by atoms with van der Waals surface area (Å²) in [5, 5.41) is 9.13. The van der Waals surface area contributed by atoms with Gasteiger partial charge in [-0.3, -0.25) is 4.90 Å². The molecule has 2 atom stereocenters. The SMILES string of the molecule is OCC[C@@]1(N2CC[C@H](F)C2)C=CC=CC1. The second-order valence-electron chi connectivity index (χ2n) is 4.40. The molecular formula is C12H18FNO. The number of allylic oxidation sites excluding steroid dienone is 2. The molecule has 2 rings (SSSR count). The van der Waals surface area contributed by atoms with Crippen LogP contribution >= 0.6 is 0 Å². The smallest absolute Gasteiger partial charge is 0.114 e. The molecule has 1 fully saturated rings. The molecule has 0 aromatic rings. The fourth-order valence-corrected chi connectivity index (χ4v) is 2.55. The summed E-state index contributed by atoms with van der Waals surface area (Å²) in [7, 11) is 0. The van der Waals surface area contributed by atoms with Gasteiger partial charge in [0.2, 0.25) is 0 Å². The standard InChI is InChI=1S/C12H18FNO/c13-11-4-8-14(10-11)12(7-9-15)5-2-1-3-6-12/h1-3,5,11,15H,4,6-10H2/t11-,12+/m0/s1. The molecule has 0 radical (unpaired) electrons. The Kier molecular flexibility index (Phi) is 3.22. The summed E-state index contributed by atoms with van der Waals surface area (Å²) in [5.74, 6) is 0. The van der Waals surface area contributed by atoms with E-state index in [2.05, 4.69) is 17.1 Å². The zero-order valence-electron chi connectivity index (χ0n) is 8.90. The molecule has 1 N–H and O–H groups in total. The molecule has 1 saturated heterocycles. The molecule has 0 aromatic heterocycles. The van der Waals surface area contributed by atoms with Crippen molar-refractivity contribution in [1.82, 2.24) is 4.90 Å². The molecule has 1 aliphatic carbocycles. The largest absolute Gasteiger partial charge is 0.396 e. The number of aliphatic hydroxyl groups is 1. The first-order valence-electron chi connectivity index (χ1n) is 5.61. The molecule has 2 aliphatic rings. The van der Waals surface area contributed by atoms with Crippen molar-refractivity contribution in [3.05, 3.63) is 24.3 Å². The van der Waals surface area contributed by atoms with E-state index in [4.69, 9.17) is 5.11 Å². The van der Waals surface area contributed by atoms with Crippen molar-refractivity contribution >= 4 is 0 Å². The molecule has 1 heterocycles. The fraction of sp³-hybridized carbons (Fsp3) is 0.667. The van der Waals surface area contributed by atoms with Gasteiger partial charge in [0.15, 0.2) is 0 Å². The van der Waals surface area contributed by atoms with Gasteiger partial charge in [-0.05, 0) is 19.3 Å². The average molecular weight is 211 g/mol. The van der Waals surface area contributed by atoms with Crippen molar-refractivity contribution < 1.29 is 9.50 Å². The van der Waals surface area contributed by atoms with Crippen LogP contribution in [0, 0.1) is 0 Å². The first-order chi connectivity index (χ1) is 7.27. The zero-order valence-corrected chi connectivity index (χ0v) is 8.90. The van der Waals surface area contributed by atoms with Gasteiger partial charge < -0.3 is 5.11 Å². The summed E-state index contributed by atoms with van der Waals surface area (Å²) in [4.78, 5) is 2.17. The zero-order chi connectivity index (χ0) is 10.7. The number of alkyl halides is 1. The summed E-state index contributed by atoms with van der Waals surface area (Å²) >= 11 is 0. The highest BCUT2D eigenvalue weighted by Crippen LogP contribution is 2.32. The molecule has 15 heavy (non-hydrogen) atoms. The van der Waals surface area contributed by atoms with Crippen LogP contribution in [0.4, 0.5) is 4.39 Å². The monoisotopic (exact) mass is 211 g/mol. The van der Waals surface area contributed by atoms with E-state index in [0.29, 0.717) is 19.4 Å². The van der Waals surface area contributed by atoms with Crippen molar-refractivity contribution in [2.24, 2.45) is 0 Å². The maximum atomic E-state index is 13.2. The molecule has 84 valence electrons. The summed E-state index contributed by atoms with van der Waals surface area (Å²) in [5.41, 5.74) is -0.135. The van der Waals surface area contributed by atoms with Crippen LogP contribution in [-0.4, -0.2) is 41.4 Å². The van der Waals surface area contributed by atoms with Crippen molar-refractivity contribution in [3.8, 4) is 0 Å². The van der Waals surface area contributed by atoms with Gasteiger partial charge in [0, 0.05) is 25.2 Å². The van der Waals surface area contributed by atoms with E-state index in [-0.39, 0.29) is 12.1 Å². The number of nitrogens with zero attached hydrogens (tertiary/aromatic N) is 1. The number of hydrogen-bond donors (Lipinski definition) is 1. The highest BCUT2D eigenvalue weighted by Gasteiger charge is 2.38. The maximum absolute atomic E-state index is 13.2. The Hall–Kier alpha value is -0.670. The van der Waals surface area contributed by atoms with Crippen LogP contribution in [0.25, 0.3) is 0 Å². The van der Waals surface area contributed by atoms with Crippen LogP contribution in [0.1, 0.15) is 19.3 Å². The van der Waals surface area contributed by atoms with E-state index < -0.39 is 6.17 Å². The van der Waals surface area contributed by atoms with Crippen LogP contribution in [0.15, 0.2) is 24.3 Å². The van der Waals surface area contributed by atoms with Crippen LogP contribution in [-0.2, 0) is 0 Å². The molecule has 0 spiro atoms. The first-order valence-corrected chi connectivity index (χ1v) is 5.61. The topological polar surface area (TPSA) is 23.5 Å². The van der Waals surface area contributed by atoms with E-state index in [1.807, 2.05) is 12.2 Å². The van der Waals surface area contributed by atoms with Gasteiger partial charge in [0.1, 0.15) is 6.17 Å². The van der Waals surface area contributed by atoms with Crippen molar-refractivity contribution in [2.75, 3.05) is 19.7 Å². The summed E-state index contributed by atoms with van der Waals surface area (Å²) in [6.07, 6.45) is 9.74. The molecule has 0 bridgehead atoms. The highest BCUT2D eigenvalue weighted by atomic mass is 19.1. The van der Waals surface area contributed by atoms with E-state index in [1.54, 1.807) is 0 Å². The molecule has 0 unspecified atom stereocenters. The summed E-state index contributed by atoms with van der Waals surface area (Å²) < 4.78 is 13.2. The molecule has 0 amide bonds. The number of rotatable bonds is 3. The average Bonchev–Trinajstić information content (AvgIpc) is 2.67. The normalized spacial score (nSPS) is 36.3. The minimum absolute atomic E-state index is 0.135. The third-order valence-electron chi connectivity index (χ3n) is 3.43. The lowest BCUT2D eigenvalue weighted by molar-refractivity contribution is 0.117. The van der Waals surface area contributed by atoms with Gasteiger partial charge in [0.25, 0.3) is 0 Å². The Morgan fingerprint density at radius 3 is 2.87 bits per heavy atom. The Bertz CT molecular complexity index is 277. The van der Waals surface area contributed by atoms with Crippen molar-refractivity contribution in [3.63, 3.8) is 0 Å². The Morgan fingerprint density at radius 2 is 2.33 bits per heavy atom. The van der Waals surface area contributed by atoms with Gasteiger partial charge in [-0.1, -0.05) is 24.3 Å². The molecule has 2 nitrogen and oxygen atoms in total. The lowest BCUT2D eigenvalue weighted by Crippen LogP contribution is -2.47. The highest BCUT2D eigenvalue weighted by molar-refractivity contribution is 5.22. The maximum Gasteiger partial charge on any atom is 0.114 e. The summed E-state index contributed by atoms with van der Waals surface area (Å²) in [6, 6.07) is 0. The Morgan fingerprint density at radius 1 is 1.47 bits per heavy atom. The van der Waals surface area contributed by atoms with Crippen molar-refractivity contribution in [1.29, 1.82) is 0 Å². The fourth-order valence-electron chi connectivity index (χ4n) is 2.55. The van der Waals surface area contributed by atoms with Gasteiger partial charge in [-0.15, -0.1) is 0 Å². The van der Waals surface area contributed by atoms with Crippen LogP contribution in [0.5, 0.6) is 0 Å². The second-order valence-corrected chi connectivity index (χ2v) is 4.40. The Labute approximate surface area is 90.1 Å². The summed E-state index contributed by atoms with van der Waals surface area (Å²) in [6.45, 7) is 1.48. The molecule has 3 heteroatoms. The molecule has 0 aromatic carbocycles. The van der Waals surface area contributed by atoms with Gasteiger partial charge in [0.05, 0.1) is 0 Å². The van der Waals surface area contributed by atoms with Crippen molar-refractivity contribution in [2.45, 2.75) is 31.0 Å². The van der Waals surface area contributed by atoms with Gasteiger partial charge >= 0.3 is 0 Å². The van der Waals surface area contributed by atoms with Crippen LogP contribution in [0.3, 0.4) is 0 Å². The number of likely N-dealkylation sites (tertiary alicyclic amines) is 1. The first kappa shape index (κ1) is 10.8. The van der Waals surface area contributed by atoms with E-state index >= 15 is 0 Å². The minimum atomic E-state index is -0.695. The third-order valence-corrected chi connectivity index (χ3v) is 3.43.